The number of para-hydroxylation sites is 6. The number of hydrogen-bond donors (Lipinski definition) is 0. The van der Waals surface area contributed by atoms with Crippen LogP contribution >= 0.6 is 0 Å². The van der Waals surface area contributed by atoms with E-state index in [2.05, 4.69) is 359 Å². The van der Waals surface area contributed by atoms with E-state index in [1.807, 2.05) is 0 Å². The molecule has 12 aromatic rings. The molecule has 0 fully saturated rings. The molecule has 12 aromatic carbocycles. The largest absolute Gasteiger partial charge is 0.311 e. The Labute approximate surface area is 497 Å². The highest BCUT2D eigenvalue weighted by molar-refractivity contribution is 6.00. The van der Waals surface area contributed by atoms with E-state index < -0.39 is 5.41 Å². The van der Waals surface area contributed by atoms with E-state index in [0.29, 0.717) is 5.92 Å². The summed E-state index contributed by atoms with van der Waals surface area (Å²) in [6.07, 6.45) is 16.1. The first-order chi connectivity index (χ1) is 42.2. The Balaban J connectivity index is 0.967. The van der Waals surface area contributed by atoms with Gasteiger partial charge in [0.25, 0.3) is 0 Å². The smallest absolute Gasteiger partial charge is 0.0725 e. The number of allylic oxidation sites excluding steroid dienone is 7. The lowest BCUT2D eigenvalue weighted by Gasteiger charge is -2.33. The SMILES string of the molecule is C1=CC2C=CC(N(c3ccccc3)c3ccc4c(c3)-c3cc(N(c5ccccc5)c5ccccc5)ccc3C43c4ccc(N(c5ccccc5)c5ccccc5)cc4-c4cc(N(c5ccccc5)c5ccc6ccccc6c5)ccc43)=CC2C=C1. The van der Waals surface area contributed by atoms with Crippen molar-refractivity contribution in [1.82, 2.24) is 0 Å². The molecule has 0 heterocycles. The van der Waals surface area contributed by atoms with Crippen molar-refractivity contribution in [3.05, 3.63) is 368 Å². The third-order valence-corrected chi connectivity index (χ3v) is 17.7. The summed E-state index contributed by atoms with van der Waals surface area (Å²) in [6, 6.07) is 109. The predicted octanol–water partition coefficient (Wildman–Crippen LogP) is 21.5. The van der Waals surface area contributed by atoms with Gasteiger partial charge in [-0.3, -0.25) is 0 Å². The van der Waals surface area contributed by atoms with Crippen LogP contribution in [0.1, 0.15) is 22.3 Å². The Bertz CT molecular complexity index is 4530. The van der Waals surface area contributed by atoms with Crippen LogP contribution in [0.2, 0.25) is 0 Å². The van der Waals surface area contributed by atoms with Crippen LogP contribution in [0.4, 0.5) is 62.6 Å². The van der Waals surface area contributed by atoms with Crippen LogP contribution in [0.15, 0.2) is 345 Å². The van der Waals surface area contributed by atoms with Crippen molar-refractivity contribution in [3.63, 3.8) is 0 Å². The highest BCUT2D eigenvalue weighted by atomic mass is 15.2. The van der Waals surface area contributed by atoms with Gasteiger partial charge in [-0.05, 0) is 195 Å². The minimum atomic E-state index is -0.702. The van der Waals surface area contributed by atoms with Crippen LogP contribution in [-0.4, -0.2) is 0 Å². The van der Waals surface area contributed by atoms with Gasteiger partial charge in [0.1, 0.15) is 0 Å². The summed E-state index contributed by atoms with van der Waals surface area (Å²) in [6.45, 7) is 0. The van der Waals surface area contributed by atoms with Crippen molar-refractivity contribution in [2.24, 2.45) is 11.8 Å². The van der Waals surface area contributed by atoms with Gasteiger partial charge in [-0.2, -0.15) is 0 Å². The molecule has 3 unspecified atom stereocenters. The molecule has 0 radical (unpaired) electrons. The lowest BCUT2D eigenvalue weighted by Crippen LogP contribution is -2.26. The topological polar surface area (TPSA) is 13.0 Å². The van der Waals surface area contributed by atoms with E-state index in [1.54, 1.807) is 0 Å². The molecule has 4 heteroatoms. The van der Waals surface area contributed by atoms with Gasteiger partial charge in [-0.15, -0.1) is 0 Å². The van der Waals surface area contributed by atoms with E-state index >= 15 is 0 Å². The van der Waals surface area contributed by atoms with Crippen molar-refractivity contribution in [3.8, 4) is 22.3 Å². The van der Waals surface area contributed by atoms with E-state index in [4.69, 9.17) is 0 Å². The van der Waals surface area contributed by atoms with Crippen molar-refractivity contribution in [2.75, 3.05) is 19.6 Å². The first-order valence-corrected chi connectivity index (χ1v) is 29.5. The van der Waals surface area contributed by atoms with Gasteiger partial charge in [0, 0.05) is 80.1 Å². The average molecular weight is 1090 g/mol. The van der Waals surface area contributed by atoms with Crippen LogP contribution < -0.4 is 19.6 Å². The molecule has 0 aliphatic heterocycles. The number of hydrogen-bond acceptors (Lipinski definition) is 4. The Kier molecular flexibility index (Phi) is 12.2. The molecule has 0 aromatic heterocycles. The fourth-order valence-corrected chi connectivity index (χ4v) is 13.9. The summed E-state index contributed by atoms with van der Waals surface area (Å²) in [7, 11) is 0. The van der Waals surface area contributed by atoms with Crippen LogP contribution in [0.25, 0.3) is 33.0 Å². The zero-order chi connectivity index (χ0) is 56.3. The molecule has 1 spiro atoms. The highest BCUT2D eigenvalue weighted by Crippen LogP contribution is 2.65. The summed E-state index contributed by atoms with van der Waals surface area (Å²) in [5.74, 6) is 0.594. The summed E-state index contributed by atoms with van der Waals surface area (Å²) < 4.78 is 0. The molecule has 0 saturated carbocycles. The van der Waals surface area contributed by atoms with Crippen LogP contribution in [-0.2, 0) is 5.41 Å². The molecule has 16 rings (SSSR count). The van der Waals surface area contributed by atoms with Gasteiger partial charge < -0.3 is 19.6 Å². The summed E-state index contributed by atoms with van der Waals surface area (Å²) in [5.41, 5.74) is 22.3. The third kappa shape index (κ3) is 8.44. The molecule has 402 valence electrons. The molecule has 0 amide bonds. The molecular formula is C81H58N4. The second-order valence-electron chi connectivity index (χ2n) is 22.4. The fraction of sp³-hybridized carbons (Fsp3) is 0.0370. The van der Waals surface area contributed by atoms with Crippen molar-refractivity contribution in [2.45, 2.75) is 5.41 Å². The van der Waals surface area contributed by atoms with Gasteiger partial charge in [-0.1, -0.05) is 200 Å². The Morgan fingerprint density at radius 3 is 0.941 bits per heavy atom. The predicted molar refractivity (Wildman–Crippen MR) is 355 cm³/mol. The zero-order valence-corrected chi connectivity index (χ0v) is 46.8. The number of nitrogens with zero attached hydrogens (tertiary/aromatic N) is 4. The van der Waals surface area contributed by atoms with Gasteiger partial charge in [0.2, 0.25) is 0 Å². The monoisotopic (exact) mass is 1090 g/mol. The molecule has 4 aliphatic rings. The highest BCUT2D eigenvalue weighted by Gasteiger charge is 2.52. The minimum absolute atomic E-state index is 0.263. The van der Waals surface area contributed by atoms with Gasteiger partial charge in [0.05, 0.1) is 5.41 Å². The van der Waals surface area contributed by atoms with E-state index in [1.165, 1.54) is 55.3 Å². The fourth-order valence-electron chi connectivity index (χ4n) is 13.9. The van der Waals surface area contributed by atoms with Gasteiger partial charge >= 0.3 is 0 Å². The average Bonchev–Trinajstić information content (AvgIpc) is 2.16. The molecule has 0 saturated heterocycles. The summed E-state index contributed by atoms with van der Waals surface area (Å²) in [5, 5.41) is 2.41. The number of anilines is 11. The van der Waals surface area contributed by atoms with E-state index in [0.717, 1.165) is 68.3 Å². The minimum Gasteiger partial charge on any atom is -0.311 e. The van der Waals surface area contributed by atoms with Crippen LogP contribution in [0.5, 0.6) is 0 Å². The zero-order valence-electron chi connectivity index (χ0n) is 46.8. The van der Waals surface area contributed by atoms with Gasteiger partial charge in [-0.25, -0.2) is 0 Å². The molecule has 3 atom stereocenters. The first-order valence-electron chi connectivity index (χ1n) is 29.5. The maximum atomic E-state index is 2.48. The number of benzene rings is 12. The maximum Gasteiger partial charge on any atom is 0.0725 e. The standard InChI is InChI=1S/C81H58N4/c1-7-27-61(28-8-1)82(62-29-9-2-10-30-62)69-43-47-77-73(53-69)75-55-71(84(65-35-15-5-16-36-65)67-41-39-57-23-19-21-25-59(57)51-67)45-49-79(75)81(77)78-48-44-70(83(63-31-11-3-12-32-63)64-33-13-4-14-34-64)54-74(78)76-56-72(46-50-80(76)81)85(66-37-17-6-18-38-66)68-42-40-58-24-20-22-26-60(58)52-68/h1-57,59H. The Morgan fingerprint density at radius 2 is 0.541 bits per heavy atom. The second kappa shape index (κ2) is 20.8. The number of rotatable bonds is 12. The van der Waals surface area contributed by atoms with E-state index in [9.17, 15) is 0 Å². The van der Waals surface area contributed by atoms with Crippen LogP contribution in [0.3, 0.4) is 0 Å². The second-order valence-corrected chi connectivity index (χ2v) is 22.4. The Hall–Kier alpha value is -10.9. The van der Waals surface area contributed by atoms with Crippen molar-refractivity contribution < 1.29 is 0 Å². The molecule has 4 nitrogen and oxygen atoms in total. The van der Waals surface area contributed by atoms with E-state index in [-0.39, 0.29) is 5.92 Å². The normalized spacial score (nSPS) is 16.4. The molecular weight excluding hydrogens is 1030 g/mol. The summed E-state index contributed by atoms with van der Waals surface area (Å²) in [4.78, 5) is 9.67. The Morgan fingerprint density at radius 1 is 0.235 bits per heavy atom. The van der Waals surface area contributed by atoms with Gasteiger partial charge in [0.15, 0.2) is 0 Å². The third-order valence-electron chi connectivity index (χ3n) is 17.7. The molecule has 4 aliphatic carbocycles. The lowest BCUT2D eigenvalue weighted by atomic mass is 9.70. The molecule has 0 N–H and O–H groups in total. The quantitative estimate of drug-likeness (QED) is 0.121. The lowest BCUT2D eigenvalue weighted by molar-refractivity contribution is 0.652. The van der Waals surface area contributed by atoms with Crippen molar-refractivity contribution in [1.29, 1.82) is 0 Å². The summed E-state index contributed by atoms with van der Waals surface area (Å²) >= 11 is 0. The first kappa shape index (κ1) is 49.8. The molecule has 0 bridgehead atoms. The van der Waals surface area contributed by atoms with Crippen LogP contribution in [0, 0.1) is 11.8 Å². The maximum absolute atomic E-state index is 2.48. The molecule has 85 heavy (non-hydrogen) atoms. The van der Waals surface area contributed by atoms with Crippen molar-refractivity contribution >= 4 is 73.3 Å². The number of fused-ring (bicyclic) bond motifs is 12.